The second-order valence-corrected chi connectivity index (χ2v) is 6.20. The molecule has 2 aromatic rings. The maximum atomic E-state index is 13.4. The van der Waals surface area contributed by atoms with Crippen molar-refractivity contribution < 1.29 is 4.39 Å². The van der Waals surface area contributed by atoms with Gasteiger partial charge in [-0.1, -0.05) is 6.92 Å². The molecule has 20 heavy (non-hydrogen) atoms. The van der Waals surface area contributed by atoms with Crippen molar-refractivity contribution in [1.82, 2.24) is 14.9 Å². The number of rotatable bonds is 2. The van der Waals surface area contributed by atoms with E-state index in [-0.39, 0.29) is 11.9 Å². The van der Waals surface area contributed by atoms with Gasteiger partial charge in [0, 0.05) is 12.1 Å². The van der Waals surface area contributed by atoms with Gasteiger partial charge in [0.1, 0.15) is 11.6 Å². The Hall–Kier alpha value is -1.42. The first kappa shape index (κ1) is 13.6. The van der Waals surface area contributed by atoms with Gasteiger partial charge in [0.25, 0.3) is 0 Å². The van der Waals surface area contributed by atoms with Crippen LogP contribution in [0.1, 0.15) is 51.5 Å². The summed E-state index contributed by atoms with van der Waals surface area (Å²) in [4.78, 5) is 4.71. The van der Waals surface area contributed by atoms with Crippen molar-refractivity contribution in [2.75, 3.05) is 6.54 Å². The number of nitrogens with zero attached hydrogens (tertiary/aromatic N) is 2. The summed E-state index contributed by atoms with van der Waals surface area (Å²) in [6, 6.07) is 5.48. The molecule has 1 aromatic heterocycles. The van der Waals surface area contributed by atoms with E-state index in [0.29, 0.717) is 12.0 Å². The Balaban J connectivity index is 2.11. The van der Waals surface area contributed by atoms with Crippen LogP contribution in [-0.4, -0.2) is 16.1 Å². The van der Waals surface area contributed by atoms with Crippen LogP contribution in [0.15, 0.2) is 18.2 Å². The Labute approximate surface area is 119 Å². The molecular formula is C16H22FN3. The highest BCUT2D eigenvalue weighted by Gasteiger charge is 2.26. The minimum atomic E-state index is -0.220. The van der Waals surface area contributed by atoms with E-state index in [4.69, 9.17) is 4.98 Å². The number of benzene rings is 1. The molecule has 0 aliphatic carbocycles. The van der Waals surface area contributed by atoms with Gasteiger partial charge in [-0.15, -0.1) is 0 Å². The molecule has 2 heterocycles. The van der Waals surface area contributed by atoms with E-state index in [1.54, 1.807) is 0 Å². The lowest BCUT2D eigenvalue weighted by molar-refractivity contribution is 0.307. The predicted octanol–water partition coefficient (Wildman–Crippen LogP) is 3.82. The standard InChI is InChI=1S/C16H22FN3/c1-10(2)20-15-5-4-12(17)9-13(15)19-16(20)14-8-11(3)6-7-18-14/h4-5,9-11,14,18H,6-8H2,1-3H3. The highest BCUT2D eigenvalue weighted by molar-refractivity contribution is 5.76. The van der Waals surface area contributed by atoms with Crippen molar-refractivity contribution in [3.05, 3.63) is 29.8 Å². The summed E-state index contributed by atoms with van der Waals surface area (Å²) in [6.07, 6.45) is 2.31. The highest BCUT2D eigenvalue weighted by atomic mass is 19.1. The molecule has 0 saturated carbocycles. The molecule has 2 unspecified atom stereocenters. The minimum Gasteiger partial charge on any atom is -0.324 e. The highest BCUT2D eigenvalue weighted by Crippen LogP contribution is 2.31. The van der Waals surface area contributed by atoms with E-state index in [2.05, 4.69) is 30.7 Å². The zero-order chi connectivity index (χ0) is 14.3. The zero-order valence-corrected chi connectivity index (χ0v) is 12.4. The number of imidazole rings is 1. The Morgan fingerprint density at radius 1 is 1.40 bits per heavy atom. The quantitative estimate of drug-likeness (QED) is 0.903. The van der Waals surface area contributed by atoms with Crippen LogP contribution < -0.4 is 5.32 Å². The van der Waals surface area contributed by atoms with Gasteiger partial charge in [-0.25, -0.2) is 9.37 Å². The molecular weight excluding hydrogens is 253 g/mol. The molecule has 1 saturated heterocycles. The third-order valence-corrected chi connectivity index (χ3v) is 4.17. The van der Waals surface area contributed by atoms with Crippen LogP contribution in [0.2, 0.25) is 0 Å². The van der Waals surface area contributed by atoms with E-state index in [1.807, 2.05) is 6.07 Å². The lowest BCUT2D eigenvalue weighted by Crippen LogP contribution is -2.33. The third kappa shape index (κ3) is 2.33. The van der Waals surface area contributed by atoms with Crippen LogP contribution in [-0.2, 0) is 0 Å². The summed E-state index contributed by atoms with van der Waals surface area (Å²) in [6.45, 7) is 7.62. The largest absolute Gasteiger partial charge is 0.324 e. The SMILES string of the molecule is CC1CCNC(c2nc3cc(F)ccc3n2C(C)C)C1. The predicted molar refractivity (Wildman–Crippen MR) is 79.2 cm³/mol. The van der Waals surface area contributed by atoms with Crippen LogP contribution in [0.4, 0.5) is 4.39 Å². The lowest BCUT2D eigenvalue weighted by Gasteiger charge is -2.29. The number of hydrogen-bond acceptors (Lipinski definition) is 2. The van der Waals surface area contributed by atoms with Crippen molar-refractivity contribution in [1.29, 1.82) is 0 Å². The summed E-state index contributed by atoms with van der Waals surface area (Å²) < 4.78 is 15.7. The molecule has 108 valence electrons. The lowest BCUT2D eigenvalue weighted by atomic mass is 9.94. The zero-order valence-electron chi connectivity index (χ0n) is 12.4. The molecule has 0 bridgehead atoms. The molecule has 3 nitrogen and oxygen atoms in total. The molecule has 2 atom stereocenters. The summed E-state index contributed by atoms with van der Waals surface area (Å²) >= 11 is 0. The van der Waals surface area contributed by atoms with Crippen molar-refractivity contribution in [3.8, 4) is 0 Å². The fourth-order valence-electron chi connectivity index (χ4n) is 3.18. The van der Waals surface area contributed by atoms with Crippen molar-refractivity contribution >= 4 is 11.0 Å². The number of aromatic nitrogens is 2. The van der Waals surface area contributed by atoms with Gasteiger partial charge in [-0.05, 0) is 51.3 Å². The van der Waals surface area contributed by atoms with Gasteiger partial charge < -0.3 is 9.88 Å². The average Bonchev–Trinajstić information content (AvgIpc) is 2.77. The molecule has 1 aromatic carbocycles. The van der Waals surface area contributed by atoms with Gasteiger partial charge in [-0.2, -0.15) is 0 Å². The van der Waals surface area contributed by atoms with Crippen LogP contribution >= 0.6 is 0 Å². The first-order valence-corrected chi connectivity index (χ1v) is 7.47. The second-order valence-electron chi connectivity index (χ2n) is 6.20. The molecule has 1 aliphatic rings. The topological polar surface area (TPSA) is 29.9 Å². The maximum Gasteiger partial charge on any atom is 0.127 e. The number of halogens is 1. The third-order valence-electron chi connectivity index (χ3n) is 4.17. The monoisotopic (exact) mass is 275 g/mol. The van der Waals surface area contributed by atoms with Crippen molar-refractivity contribution in [2.24, 2.45) is 5.92 Å². The first-order chi connectivity index (χ1) is 9.56. The van der Waals surface area contributed by atoms with E-state index < -0.39 is 0 Å². The maximum absolute atomic E-state index is 13.4. The number of hydrogen-bond donors (Lipinski definition) is 1. The van der Waals surface area contributed by atoms with Crippen LogP contribution in [0.3, 0.4) is 0 Å². The van der Waals surface area contributed by atoms with Crippen molar-refractivity contribution in [2.45, 2.75) is 45.7 Å². The molecule has 1 N–H and O–H groups in total. The Morgan fingerprint density at radius 2 is 2.20 bits per heavy atom. The van der Waals surface area contributed by atoms with Gasteiger partial charge >= 0.3 is 0 Å². The fourth-order valence-corrected chi connectivity index (χ4v) is 3.18. The first-order valence-electron chi connectivity index (χ1n) is 7.47. The second kappa shape index (κ2) is 5.17. The summed E-state index contributed by atoms with van der Waals surface area (Å²) in [5, 5.41) is 3.56. The fraction of sp³-hybridized carbons (Fsp3) is 0.562. The van der Waals surface area contributed by atoms with Gasteiger partial charge in [0.15, 0.2) is 0 Å². The minimum absolute atomic E-state index is 0.220. The van der Waals surface area contributed by atoms with Gasteiger partial charge in [0.2, 0.25) is 0 Å². The van der Waals surface area contributed by atoms with E-state index >= 15 is 0 Å². The van der Waals surface area contributed by atoms with E-state index in [0.717, 1.165) is 29.8 Å². The Bertz CT molecular complexity index is 617. The summed E-state index contributed by atoms with van der Waals surface area (Å²) in [5.41, 5.74) is 1.78. The molecule has 0 amide bonds. The van der Waals surface area contributed by atoms with Gasteiger partial charge in [-0.3, -0.25) is 0 Å². The molecule has 3 rings (SSSR count). The molecule has 1 aliphatic heterocycles. The number of nitrogens with one attached hydrogen (secondary N) is 1. The Kier molecular flexibility index (Phi) is 3.50. The van der Waals surface area contributed by atoms with Gasteiger partial charge in [0.05, 0.1) is 17.1 Å². The number of fused-ring (bicyclic) bond motifs is 1. The molecule has 1 fully saturated rings. The smallest absolute Gasteiger partial charge is 0.127 e. The Morgan fingerprint density at radius 3 is 2.90 bits per heavy atom. The van der Waals surface area contributed by atoms with Crippen LogP contribution in [0.5, 0.6) is 0 Å². The van der Waals surface area contributed by atoms with Crippen molar-refractivity contribution in [3.63, 3.8) is 0 Å². The normalized spacial score (nSPS) is 23.6. The van der Waals surface area contributed by atoms with Crippen LogP contribution in [0.25, 0.3) is 11.0 Å². The average molecular weight is 275 g/mol. The van der Waals surface area contributed by atoms with E-state index in [9.17, 15) is 4.39 Å². The summed E-state index contributed by atoms with van der Waals surface area (Å²) in [5.74, 6) is 1.54. The van der Waals surface area contributed by atoms with Crippen LogP contribution in [0, 0.1) is 11.7 Å². The van der Waals surface area contributed by atoms with E-state index in [1.165, 1.54) is 18.6 Å². The molecule has 0 radical (unpaired) electrons. The molecule has 0 spiro atoms. The summed E-state index contributed by atoms with van der Waals surface area (Å²) in [7, 11) is 0. The number of piperidine rings is 1. The molecule has 4 heteroatoms.